The number of benzene rings is 1. The van der Waals surface area contributed by atoms with Crippen LogP contribution < -0.4 is 5.32 Å². The molecule has 0 aliphatic rings. The zero-order chi connectivity index (χ0) is 15.2. The topological polar surface area (TPSA) is 24.9 Å². The predicted molar refractivity (Wildman–Crippen MR) is 95.6 cm³/mol. The summed E-state index contributed by atoms with van der Waals surface area (Å²) in [5, 5.41) is 3.64. The Morgan fingerprint density at radius 1 is 1.19 bits per heavy atom. The minimum Gasteiger partial charge on any atom is -0.310 e. The van der Waals surface area contributed by atoms with Gasteiger partial charge < -0.3 is 5.32 Å². The molecule has 0 aliphatic carbocycles. The molecule has 0 amide bonds. The van der Waals surface area contributed by atoms with Gasteiger partial charge >= 0.3 is 0 Å². The van der Waals surface area contributed by atoms with Crippen LogP contribution in [0, 0.1) is 6.92 Å². The Balaban J connectivity index is 2.22. The van der Waals surface area contributed by atoms with Crippen molar-refractivity contribution in [1.82, 2.24) is 10.3 Å². The number of halogens is 2. The Hall–Kier alpha value is -0.710. The van der Waals surface area contributed by atoms with Gasteiger partial charge in [0.2, 0.25) is 0 Å². The molecule has 2 aromatic rings. The summed E-state index contributed by atoms with van der Waals surface area (Å²) in [7, 11) is 0. The summed E-state index contributed by atoms with van der Waals surface area (Å²) in [5.41, 5.74) is 3.82. The molecule has 0 saturated carbocycles. The fourth-order valence-corrected chi connectivity index (χ4v) is 2.97. The number of hydrogen-bond acceptors (Lipinski definition) is 2. The molecule has 0 bridgehead atoms. The van der Waals surface area contributed by atoms with E-state index in [-0.39, 0.29) is 0 Å². The van der Waals surface area contributed by atoms with Crippen LogP contribution in [-0.2, 0) is 6.42 Å². The van der Waals surface area contributed by atoms with Crippen LogP contribution in [0.1, 0.15) is 36.1 Å². The van der Waals surface area contributed by atoms with Gasteiger partial charge in [0.25, 0.3) is 0 Å². The summed E-state index contributed by atoms with van der Waals surface area (Å²) < 4.78 is 2.19. The highest BCUT2D eigenvalue weighted by Gasteiger charge is 2.13. The molecule has 0 saturated heterocycles. The Bertz CT molecular complexity index is 599. The Morgan fingerprint density at radius 3 is 2.67 bits per heavy atom. The van der Waals surface area contributed by atoms with Crippen LogP contribution in [-0.4, -0.2) is 11.5 Å². The van der Waals surface area contributed by atoms with E-state index in [1.54, 1.807) is 0 Å². The number of rotatable bonds is 6. The van der Waals surface area contributed by atoms with Gasteiger partial charge in [-0.3, -0.25) is 4.98 Å². The van der Waals surface area contributed by atoms with E-state index in [0.29, 0.717) is 6.04 Å². The summed E-state index contributed by atoms with van der Waals surface area (Å²) in [6.07, 6.45) is 5.83. The Kier molecular flexibility index (Phi) is 6.40. The first-order valence-corrected chi connectivity index (χ1v) is 8.77. The minimum atomic E-state index is 0.313. The van der Waals surface area contributed by atoms with Crippen molar-refractivity contribution in [2.45, 2.75) is 32.7 Å². The monoisotopic (exact) mass is 410 g/mol. The molecule has 1 unspecified atom stereocenters. The molecule has 1 aromatic heterocycles. The zero-order valence-corrected chi connectivity index (χ0v) is 15.5. The van der Waals surface area contributed by atoms with Gasteiger partial charge in [-0.1, -0.05) is 35.0 Å². The van der Waals surface area contributed by atoms with Crippen molar-refractivity contribution in [3.63, 3.8) is 0 Å². The van der Waals surface area contributed by atoms with E-state index in [0.717, 1.165) is 28.3 Å². The maximum atomic E-state index is 4.26. The minimum absolute atomic E-state index is 0.313. The first kappa shape index (κ1) is 16.7. The van der Waals surface area contributed by atoms with Crippen molar-refractivity contribution < 1.29 is 0 Å². The standard InChI is InChI=1S/C17H20Br2N2/c1-3-6-21-17(9-13-8-15(18)11-20-10-13)14-4-5-16(19)12(2)7-14/h4-5,7-8,10-11,17,21H,3,6,9H2,1-2H3. The van der Waals surface area contributed by atoms with Gasteiger partial charge in [0.05, 0.1) is 0 Å². The second-order valence-electron chi connectivity index (χ2n) is 5.23. The molecule has 0 spiro atoms. The van der Waals surface area contributed by atoms with Crippen LogP contribution in [0.5, 0.6) is 0 Å². The lowest BCUT2D eigenvalue weighted by Gasteiger charge is -2.20. The van der Waals surface area contributed by atoms with E-state index in [9.17, 15) is 0 Å². The second kappa shape index (κ2) is 8.06. The summed E-state index contributed by atoms with van der Waals surface area (Å²) in [4.78, 5) is 4.26. The number of pyridine rings is 1. The SMILES string of the molecule is CCCNC(Cc1cncc(Br)c1)c1ccc(Br)c(C)c1. The molecule has 4 heteroatoms. The number of hydrogen-bond donors (Lipinski definition) is 1. The molecule has 2 nitrogen and oxygen atoms in total. The number of aromatic nitrogens is 1. The van der Waals surface area contributed by atoms with Crippen LogP contribution in [0.3, 0.4) is 0 Å². The summed E-state index contributed by atoms with van der Waals surface area (Å²) in [6, 6.07) is 9.02. The molecule has 1 N–H and O–H groups in total. The molecular weight excluding hydrogens is 392 g/mol. The summed E-state index contributed by atoms with van der Waals surface area (Å²) in [6.45, 7) is 5.34. The lowest BCUT2D eigenvalue weighted by Crippen LogP contribution is -2.24. The third-order valence-corrected chi connectivity index (χ3v) is 4.75. The van der Waals surface area contributed by atoms with Crippen LogP contribution in [0.4, 0.5) is 0 Å². The van der Waals surface area contributed by atoms with E-state index in [1.165, 1.54) is 16.7 Å². The molecular formula is C17H20Br2N2. The molecule has 21 heavy (non-hydrogen) atoms. The predicted octanol–water partition coefficient (Wildman–Crippen LogP) is 5.20. The van der Waals surface area contributed by atoms with Crippen LogP contribution in [0.15, 0.2) is 45.6 Å². The van der Waals surface area contributed by atoms with Crippen molar-refractivity contribution >= 4 is 31.9 Å². The smallest absolute Gasteiger partial charge is 0.0410 e. The molecule has 0 fully saturated rings. The first-order chi connectivity index (χ1) is 10.1. The van der Waals surface area contributed by atoms with Gasteiger partial charge in [-0.05, 0) is 71.1 Å². The largest absolute Gasteiger partial charge is 0.310 e. The molecule has 0 radical (unpaired) electrons. The van der Waals surface area contributed by atoms with E-state index < -0.39 is 0 Å². The maximum Gasteiger partial charge on any atom is 0.0410 e. The average molecular weight is 412 g/mol. The van der Waals surface area contributed by atoms with E-state index in [2.05, 4.69) is 80.3 Å². The molecule has 1 heterocycles. The fraction of sp³-hybridized carbons (Fsp3) is 0.353. The summed E-state index contributed by atoms with van der Waals surface area (Å²) in [5.74, 6) is 0. The first-order valence-electron chi connectivity index (χ1n) is 7.19. The fourth-order valence-electron chi connectivity index (χ4n) is 2.31. The van der Waals surface area contributed by atoms with Crippen molar-refractivity contribution in [3.8, 4) is 0 Å². The number of nitrogens with zero attached hydrogens (tertiary/aromatic N) is 1. The molecule has 1 aromatic carbocycles. The zero-order valence-electron chi connectivity index (χ0n) is 12.4. The van der Waals surface area contributed by atoms with Crippen molar-refractivity contribution in [2.75, 3.05) is 6.54 Å². The quantitative estimate of drug-likeness (QED) is 0.706. The van der Waals surface area contributed by atoms with Crippen LogP contribution >= 0.6 is 31.9 Å². The van der Waals surface area contributed by atoms with Crippen LogP contribution in [0.2, 0.25) is 0 Å². The van der Waals surface area contributed by atoms with Crippen molar-refractivity contribution in [1.29, 1.82) is 0 Å². The highest BCUT2D eigenvalue weighted by Crippen LogP contribution is 2.24. The second-order valence-corrected chi connectivity index (χ2v) is 7.00. The Morgan fingerprint density at radius 2 is 2.00 bits per heavy atom. The highest BCUT2D eigenvalue weighted by molar-refractivity contribution is 9.10. The number of aryl methyl sites for hydroxylation is 1. The van der Waals surface area contributed by atoms with Gasteiger partial charge in [0, 0.05) is 27.4 Å². The normalized spacial score (nSPS) is 12.4. The highest BCUT2D eigenvalue weighted by atomic mass is 79.9. The third-order valence-electron chi connectivity index (χ3n) is 3.43. The van der Waals surface area contributed by atoms with Gasteiger partial charge in [-0.2, -0.15) is 0 Å². The molecule has 0 aliphatic heterocycles. The van der Waals surface area contributed by atoms with E-state index in [1.807, 2.05) is 12.4 Å². The Labute approximate surface area is 143 Å². The van der Waals surface area contributed by atoms with Crippen molar-refractivity contribution in [2.24, 2.45) is 0 Å². The average Bonchev–Trinajstić information content (AvgIpc) is 2.46. The van der Waals surface area contributed by atoms with E-state index in [4.69, 9.17) is 0 Å². The van der Waals surface area contributed by atoms with E-state index >= 15 is 0 Å². The molecule has 112 valence electrons. The lowest BCUT2D eigenvalue weighted by molar-refractivity contribution is 0.528. The molecule has 2 rings (SSSR count). The van der Waals surface area contributed by atoms with Gasteiger partial charge in [0.1, 0.15) is 0 Å². The van der Waals surface area contributed by atoms with Gasteiger partial charge in [-0.25, -0.2) is 0 Å². The lowest BCUT2D eigenvalue weighted by atomic mass is 9.98. The number of nitrogens with one attached hydrogen (secondary N) is 1. The van der Waals surface area contributed by atoms with Gasteiger partial charge in [0.15, 0.2) is 0 Å². The van der Waals surface area contributed by atoms with Crippen LogP contribution in [0.25, 0.3) is 0 Å². The summed E-state index contributed by atoms with van der Waals surface area (Å²) >= 11 is 7.06. The van der Waals surface area contributed by atoms with Gasteiger partial charge in [-0.15, -0.1) is 0 Å². The molecule has 1 atom stereocenters. The third kappa shape index (κ3) is 4.90. The maximum absolute atomic E-state index is 4.26. The van der Waals surface area contributed by atoms with Crippen molar-refractivity contribution in [3.05, 3.63) is 62.3 Å².